The normalized spacial score (nSPS) is 9.71. The summed E-state index contributed by atoms with van der Waals surface area (Å²) in [7, 11) is 0.810. The van der Waals surface area contributed by atoms with E-state index < -0.39 is 9.85 Å². The average Bonchev–Trinajstić information content (AvgIpc) is 2.48. The molecule has 0 aliphatic rings. The summed E-state index contributed by atoms with van der Waals surface area (Å²) in [5.74, 6) is -0.0535. The first-order chi connectivity index (χ1) is 10.1. The van der Waals surface area contributed by atoms with Gasteiger partial charge in [-0.1, -0.05) is 24.3 Å². The van der Waals surface area contributed by atoms with Crippen LogP contribution < -0.4 is 9.31 Å². The summed E-state index contributed by atoms with van der Waals surface area (Å²) in [6.45, 7) is 0. The average molecular weight is 287 g/mol. The Hall–Kier alpha value is -3.10. The number of nitro benzene ring substituents is 2. The van der Waals surface area contributed by atoms with Crippen molar-refractivity contribution in [3.63, 3.8) is 0 Å². The van der Waals surface area contributed by atoms with Gasteiger partial charge in [-0.2, -0.15) is 0 Å². The topological polar surface area (TPSA) is 105 Å². The fourth-order valence-electron chi connectivity index (χ4n) is 1.54. The van der Waals surface area contributed by atoms with Crippen molar-refractivity contribution in [1.29, 1.82) is 0 Å². The summed E-state index contributed by atoms with van der Waals surface area (Å²) in [6.07, 6.45) is 0. The van der Waals surface area contributed by atoms with Gasteiger partial charge in [0.1, 0.15) is 0 Å². The van der Waals surface area contributed by atoms with E-state index in [-0.39, 0.29) is 22.9 Å². The third-order valence-corrected chi connectivity index (χ3v) is 2.47. The van der Waals surface area contributed by atoms with Crippen LogP contribution in [0.1, 0.15) is 0 Å². The second-order valence-electron chi connectivity index (χ2n) is 3.78. The minimum atomic E-state index is -0.603. The van der Waals surface area contributed by atoms with Gasteiger partial charge in [0.15, 0.2) is 11.5 Å². The molecular formula is C12H8BN2O6. The second-order valence-corrected chi connectivity index (χ2v) is 3.78. The second kappa shape index (κ2) is 6.37. The van der Waals surface area contributed by atoms with Crippen molar-refractivity contribution < 1.29 is 19.2 Å². The molecule has 2 aromatic carbocycles. The van der Waals surface area contributed by atoms with Gasteiger partial charge in [-0.05, 0) is 12.1 Å². The largest absolute Gasteiger partial charge is 0.658 e. The van der Waals surface area contributed by atoms with Gasteiger partial charge >= 0.3 is 19.1 Å². The molecule has 21 heavy (non-hydrogen) atoms. The monoisotopic (exact) mass is 287 g/mol. The third kappa shape index (κ3) is 3.47. The predicted molar refractivity (Wildman–Crippen MR) is 73.2 cm³/mol. The van der Waals surface area contributed by atoms with Crippen LogP contribution in [0.2, 0.25) is 0 Å². The van der Waals surface area contributed by atoms with Crippen LogP contribution in [0.3, 0.4) is 0 Å². The Morgan fingerprint density at radius 1 is 0.762 bits per heavy atom. The molecule has 0 bridgehead atoms. The molecule has 0 aliphatic heterocycles. The molecule has 0 unspecified atom stereocenters. The van der Waals surface area contributed by atoms with Crippen LogP contribution in [-0.4, -0.2) is 17.5 Å². The Kier molecular flexibility index (Phi) is 4.34. The molecule has 105 valence electrons. The molecule has 0 N–H and O–H groups in total. The lowest BCUT2D eigenvalue weighted by molar-refractivity contribution is -0.385. The molecule has 9 heteroatoms. The Balaban J connectivity index is 2.06. The number of nitrogens with zero attached hydrogens (tertiary/aromatic N) is 2. The van der Waals surface area contributed by atoms with E-state index in [2.05, 4.69) is 0 Å². The molecule has 0 fully saturated rings. The highest BCUT2D eigenvalue weighted by molar-refractivity contribution is 6.21. The highest BCUT2D eigenvalue weighted by Crippen LogP contribution is 2.27. The standard InChI is InChI=1S/C12H8BN2O6/c16-14(17)9-5-1-3-7-11(9)20-13-21-12-8-4-2-6-10(12)15(18)19/h1-8H. The van der Waals surface area contributed by atoms with Crippen molar-refractivity contribution in [2.75, 3.05) is 0 Å². The number of rotatable bonds is 6. The maximum absolute atomic E-state index is 10.8. The van der Waals surface area contributed by atoms with Crippen LogP contribution in [0.25, 0.3) is 0 Å². The van der Waals surface area contributed by atoms with Crippen molar-refractivity contribution in [3.8, 4) is 11.5 Å². The summed E-state index contributed by atoms with van der Waals surface area (Å²) in [5.41, 5.74) is -0.472. The number of para-hydroxylation sites is 4. The molecular weight excluding hydrogens is 279 g/mol. The summed E-state index contributed by atoms with van der Waals surface area (Å²) in [6, 6.07) is 11.4. The smallest absolute Gasteiger partial charge is 0.521 e. The van der Waals surface area contributed by atoms with E-state index in [1.165, 1.54) is 36.4 Å². The number of benzene rings is 2. The van der Waals surface area contributed by atoms with E-state index in [0.717, 1.165) is 7.69 Å². The molecule has 0 heterocycles. The maximum Gasteiger partial charge on any atom is 0.658 e. The highest BCUT2D eigenvalue weighted by atomic mass is 16.6. The Morgan fingerprint density at radius 3 is 1.52 bits per heavy atom. The van der Waals surface area contributed by atoms with E-state index in [1.54, 1.807) is 12.1 Å². The first-order valence-corrected chi connectivity index (χ1v) is 5.71. The molecule has 2 rings (SSSR count). The van der Waals surface area contributed by atoms with Crippen LogP contribution in [0.4, 0.5) is 11.4 Å². The molecule has 0 atom stereocenters. The maximum atomic E-state index is 10.8. The molecule has 8 nitrogen and oxygen atoms in total. The van der Waals surface area contributed by atoms with Crippen LogP contribution in [0, 0.1) is 20.2 Å². The van der Waals surface area contributed by atoms with Crippen LogP contribution in [-0.2, 0) is 0 Å². The first-order valence-electron chi connectivity index (χ1n) is 5.71. The lowest BCUT2D eigenvalue weighted by Crippen LogP contribution is -2.12. The van der Waals surface area contributed by atoms with E-state index in [9.17, 15) is 20.2 Å². The molecule has 0 aliphatic carbocycles. The molecule has 2 aromatic rings. The van der Waals surface area contributed by atoms with Gasteiger partial charge in [0, 0.05) is 12.1 Å². The summed E-state index contributed by atoms with van der Waals surface area (Å²) >= 11 is 0. The number of hydrogen-bond acceptors (Lipinski definition) is 6. The van der Waals surface area contributed by atoms with E-state index in [1.807, 2.05) is 0 Å². The Labute approximate surface area is 119 Å². The molecule has 0 spiro atoms. The summed E-state index contributed by atoms with van der Waals surface area (Å²) in [4.78, 5) is 20.4. The van der Waals surface area contributed by atoms with Crippen LogP contribution in [0.5, 0.6) is 11.5 Å². The van der Waals surface area contributed by atoms with Gasteiger partial charge in [0.05, 0.1) is 9.85 Å². The van der Waals surface area contributed by atoms with Gasteiger partial charge in [-0.15, -0.1) is 0 Å². The van der Waals surface area contributed by atoms with Crippen molar-refractivity contribution in [2.45, 2.75) is 0 Å². The third-order valence-electron chi connectivity index (χ3n) is 2.47. The quantitative estimate of drug-likeness (QED) is 0.459. The Morgan fingerprint density at radius 2 is 1.14 bits per heavy atom. The highest BCUT2D eigenvalue weighted by Gasteiger charge is 2.18. The predicted octanol–water partition coefficient (Wildman–Crippen LogP) is 2.50. The van der Waals surface area contributed by atoms with Gasteiger partial charge in [0.25, 0.3) is 0 Å². The van der Waals surface area contributed by atoms with Crippen LogP contribution >= 0.6 is 0 Å². The number of hydrogen-bond donors (Lipinski definition) is 0. The molecule has 0 saturated heterocycles. The summed E-state index contributed by atoms with van der Waals surface area (Å²) in [5, 5.41) is 21.6. The Bertz CT molecular complexity index is 621. The summed E-state index contributed by atoms with van der Waals surface area (Å²) < 4.78 is 10.1. The van der Waals surface area contributed by atoms with E-state index >= 15 is 0 Å². The number of nitro groups is 2. The zero-order valence-electron chi connectivity index (χ0n) is 10.5. The van der Waals surface area contributed by atoms with Crippen molar-refractivity contribution in [2.24, 2.45) is 0 Å². The van der Waals surface area contributed by atoms with E-state index in [0.29, 0.717) is 0 Å². The van der Waals surface area contributed by atoms with Gasteiger partial charge in [-0.25, -0.2) is 0 Å². The van der Waals surface area contributed by atoms with Crippen molar-refractivity contribution >= 4 is 19.1 Å². The minimum Gasteiger partial charge on any atom is -0.521 e. The lowest BCUT2D eigenvalue weighted by atomic mass is 10.2. The van der Waals surface area contributed by atoms with E-state index in [4.69, 9.17) is 9.31 Å². The minimum absolute atomic E-state index is 0.0268. The van der Waals surface area contributed by atoms with Gasteiger partial charge in [0.2, 0.25) is 0 Å². The van der Waals surface area contributed by atoms with Crippen molar-refractivity contribution in [1.82, 2.24) is 0 Å². The van der Waals surface area contributed by atoms with Gasteiger partial charge < -0.3 is 9.31 Å². The van der Waals surface area contributed by atoms with Gasteiger partial charge in [-0.3, -0.25) is 20.2 Å². The zero-order valence-corrected chi connectivity index (χ0v) is 10.5. The molecule has 0 aromatic heterocycles. The van der Waals surface area contributed by atoms with Crippen molar-refractivity contribution in [3.05, 3.63) is 68.8 Å². The fraction of sp³-hybridized carbons (Fsp3) is 0. The first kappa shape index (κ1) is 14.3. The zero-order chi connectivity index (χ0) is 15.2. The SMILES string of the molecule is O=[N+]([O-])c1ccccc1O[B]Oc1ccccc1[N+](=O)[O-]. The molecule has 0 amide bonds. The fourth-order valence-corrected chi connectivity index (χ4v) is 1.54. The molecule has 1 radical (unpaired) electrons. The lowest BCUT2D eigenvalue weighted by Gasteiger charge is -2.06. The molecule has 0 saturated carbocycles. The van der Waals surface area contributed by atoms with Crippen LogP contribution in [0.15, 0.2) is 48.5 Å².